The first-order valence-electron chi connectivity index (χ1n) is 2.68. The average Bonchev–Trinajstić information content (AvgIpc) is 1.98. The summed E-state index contributed by atoms with van der Waals surface area (Å²) in [5.41, 5.74) is 0. The van der Waals surface area contributed by atoms with Crippen LogP contribution in [0.15, 0.2) is 22.9 Å². The molecule has 0 bridgehead atoms. The fourth-order valence-electron chi connectivity index (χ4n) is 0.333. The molecular weight excluding hydrogens is 188 g/mol. The molecule has 0 amide bonds. The molecule has 0 fully saturated rings. The van der Waals surface area contributed by atoms with Crippen LogP contribution in [-0.4, -0.2) is 27.3 Å². The molecule has 0 aliphatic carbocycles. The molecule has 0 aliphatic heterocycles. The van der Waals surface area contributed by atoms with Gasteiger partial charge in [0.05, 0.1) is 0 Å². The van der Waals surface area contributed by atoms with E-state index in [-0.39, 0.29) is 0 Å². The number of carboxylic acids is 2. The maximum Gasteiger partial charge on any atom is 0.351 e. The lowest BCUT2D eigenvalue weighted by molar-refractivity contribution is -0.133. The Morgan fingerprint density at radius 2 is 1.58 bits per heavy atom. The zero-order chi connectivity index (χ0) is 9.72. The molecule has 66 valence electrons. The summed E-state index contributed by atoms with van der Waals surface area (Å²) in [5.74, 6) is -3.63. The number of aliphatic hydroxyl groups is 1. The minimum absolute atomic E-state index is 0.570. The molecular formula is C6H5ClO5. The number of rotatable bonds is 3. The van der Waals surface area contributed by atoms with Crippen LogP contribution in [0.4, 0.5) is 0 Å². The van der Waals surface area contributed by atoms with E-state index < -0.39 is 22.7 Å². The molecule has 6 heteroatoms. The van der Waals surface area contributed by atoms with Crippen LogP contribution in [0, 0.1) is 0 Å². The van der Waals surface area contributed by atoms with Crippen molar-refractivity contribution in [2.24, 2.45) is 0 Å². The van der Waals surface area contributed by atoms with Crippen LogP contribution in [0.25, 0.3) is 0 Å². The summed E-state index contributed by atoms with van der Waals surface area (Å²) in [7, 11) is 0. The van der Waals surface area contributed by atoms with Crippen LogP contribution >= 0.6 is 11.6 Å². The number of aliphatic carboxylic acids is 2. The van der Waals surface area contributed by atoms with E-state index in [1.54, 1.807) is 0 Å². The normalized spacial score (nSPS) is 12.8. The largest absolute Gasteiger partial charge is 0.506 e. The van der Waals surface area contributed by atoms with Gasteiger partial charge in [-0.1, -0.05) is 11.6 Å². The molecule has 0 heterocycles. The summed E-state index contributed by atoms with van der Waals surface area (Å²) in [4.78, 5) is 19.9. The molecule has 5 nitrogen and oxygen atoms in total. The Hall–Kier alpha value is -1.49. The predicted molar refractivity (Wildman–Crippen MR) is 39.9 cm³/mol. The van der Waals surface area contributed by atoms with Gasteiger partial charge in [0, 0.05) is 6.08 Å². The molecule has 0 unspecified atom stereocenters. The number of allylic oxidation sites excluding steroid dienone is 1. The van der Waals surface area contributed by atoms with Crippen molar-refractivity contribution in [3.05, 3.63) is 22.9 Å². The smallest absolute Gasteiger partial charge is 0.351 e. The van der Waals surface area contributed by atoms with Crippen molar-refractivity contribution in [3.8, 4) is 0 Å². The molecule has 3 N–H and O–H groups in total. The van der Waals surface area contributed by atoms with Gasteiger partial charge in [0.15, 0.2) is 5.03 Å². The summed E-state index contributed by atoms with van der Waals surface area (Å²) in [6.07, 6.45) is 1.25. The van der Waals surface area contributed by atoms with Gasteiger partial charge >= 0.3 is 11.9 Å². The van der Waals surface area contributed by atoms with Crippen molar-refractivity contribution in [1.29, 1.82) is 0 Å². The number of carboxylic acid groups (broad SMARTS) is 2. The van der Waals surface area contributed by atoms with Crippen LogP contribution in [0.3, 0.4) is 0 Å². The van der Waals surface area contributed by atoms with E-state index in [1.165, 1.54) is 0 Å². The average molecular weight is 193 g/mol. The van der Waals surface area contributed by atoms with Gasteiger partial charge in [-0.05, 0) is 6.08 Å². The fourth-order valence-corrected chi connectivity index (χ4v) is 0.396. The quantitative estimate of drug-likeness (QED) is 0.348. The molecule has 0 aromatic heterocycles. The number of carbonyl (C=O) groups is 2. The van der Waals surface area contributed by atoms with Crippen molar-refractivity contribution in [2.75, 3.05) is 0 Å². The van der Waals surface area contributed by atoms with Crippen LogP contribution in [0.2, 0.25) is 0 Å². The third-order valence-electron chi connectivity index (χ3n) is 0.796. The SMILES string of the molecule is O=C(O)/C=C\C(O)=C(\Cl)C(=O)O. The molecule has 12 heavy (non-hydrogen) atoms. The van der Waals surface area contributed by atoms with E-state index in [9.17, 15) is 9.59 Å². The van der Waals surface area contributed by atoms with Crippen LogP contribution < -0.4 is 0 Å². The maximum absolute atomic E-state index is 10.1. The van der Waals surface area contributed by atoms with Gasteiger partial charge in [-0.25, -0.2) is 9.59 Å². The minimum Gasteiger partial charge on any atom is -0.506 e. The summed E-state index contributed by atoms with van der Waals surface area (Å²) >= 11 is 5.04. The third kappa shape index (κ3) is 3.62. The monoisotopic (exact) mass is 192 g/mol. The molecule has 0 rings (SSSR count). The second-order valence-corrected chi connectivity index (χ2v) is 2.05. The van der Waals surface area contributed by atoms with Gasteiger partial charge in [-0.3, -0.25) is 0 Å². The number of aliphatic hydroxyl groups excluding tert-OH is 1. The van der Waals surface area contributed by atoms with E-state index >= 15 is 0 Å². The number of halogens is 1. The Morgan fingerprint density at radius 3 is 1.92 bits per heavy atom. The molecule has 0 aromatic rings. The Kier molecular flexibility index (Phi) is 3.85. The van der Waals surface area contributed by atoms with Gasteiger partial charge < -0.3 is 15.3 Å². The molecule has 0 radical (unpaired) electrons. The van der Waals surface area contributed by atoms with Gasteiger partial charge in [0.25, 0.3) is 0 Å². The van der Waals surface area contributed by atoms with E-state index in [0.29, 0.717) is 12.2 Å². The lowest BCUT2D eigenvalue weighted by atomic mass is 10.4. The van der Waals surface area contributed by atoms with Crippen molar-refractivity contribution in [1.82, 2.24) is 0 Å². The van der Waals surface area contributed by atoms with Gasteiger partial charge in [0.2, 0.25) is 0 Å². The molecule has 0 saturated heterocycles. The third-order valence-corrected chi connectivity index (χ3v) is 1.15. The standard InChI is InChI=1S/C6H5ClO5/c7-5(6(11)12)3(8)1-2-4(9)10/h1-2,8H,(H,9,10)(H,11,12)/b2-1-,5-3-. The Labute approximate surface area is 72.2 Å². The highest BCUT2D eigenvalue weighted by Crippen LogP contribution is 2.07. The molecule has 0 saturated carbocycles. The highest BCUT2D eigenvalue weighted by Gasteiger charge is 2.07. The zero-order valence-electron chi connectivity index (χ0n) is 5.69. The van der Waals surface area contributed by atoms with Gasteiger partial charge in [-0.15, -0.1) is 0 Å². The molecule has 0 aliphatic rings. The van der Waals surface area contributed by atoms with Crippen LogP contribution in [-0.2, 0) is 9.59 Å². The Balaban J connectivity index is 4.58. The number of hydrogen-bond donors (Lipinski definition) is 3. The maximum atomic E-state index is 10.1. The van der Waals surface area contributed by atoms with Crippen LogP contribution in [0.1, 0.15) is 0 Å². The lowest BCUT2D eigenvalue weighted by Crippen LogP contribution is -1.97. The second kappa shape index (κ2) is 4.40. The zero-order valence-corrected chi connectivity index (χ0v) is 6.45. The summed E-state index contributed by atoms with van der Waals surface area (Å²) in [6, 6.07) is 0. The fraction of sp³-hybridized carbons (Fsp3) is 0. The Bertz CT molecular complexity index is 265. The molecule has 0 atom stereocenters. The van der Waals surface area contributed by atoms with Gasteiger partial charge in [-0.2, -0.15) is 0 Å². The molecule has 0 spiro atoms. The van der Waals surface area contributed by atoms with E-state index in [2.05, 4.69) is 0 Å². The molecule has 0 aromatic carbocycles. The highest BCUT2D eigenvalue weighted by molar-refractivity contribution is 6.41. The van der Waals surface area contributed by atoms with Gasteiger partial charge in [0.1, 0.15) is 5.76 Å². The number of hydrogen-bond acceptors (Lipinski definition) is 3. The Morgan fingerprint density at radius 1 is 1.08 bits per heavy atom. The highest BCUT2D eigenvalue weighted by atomic mass is 35.5. The first-order valence-corrected chi connectivity index (χ1v) is 3.06. The second-order valence-electron chi connectivity index (χ2n) is 1.68. The van der Waals surface area contributed by atoms with Crippen molar-refractivity contribution < 1.29 is 24.9 Å². The van der Waals surface area contributed by atoms with E-state index in [4.69, 9.17) is 26.9 Å². The minimum atomic E-state index is -1.52. The van der Waals surface area contributed by atoms with Crippen molar-refractivity contribution in [2.45, 2.75) is 0 Å². The first kappa shape index (κ1) is 10.5. The van der Waals surface area contributed by atoms with Crippen molar-refractivity contribution >= 4 is 23.5 Å². The van der Waals surface area contributed by atoms with Crippen molar-refractivity contribution in [3.63, 3.8) is 0 Å². The predicted octanol–water partition coefficient (Wildman–Crippen LogP) is 0.720. The summed E-state index contributed by atoms with van der Waals surface area (Å²) in [6.45, 7) is 0. The van der Waals surface area contributed by atoms with E-state index in [1.807, 2.05) is 0 Å². The topological polar surface area (TPSA) is 94.8 Å². The first-order chi connectivity index (χ1) is 5.45. The van der Waals surface area contributed by atoms with E-state index in [0.717, 1.165) is 0 Å². The lowest BCUT2D eigenvalue weighted by Gasteiger charge is -1.91. The van der Waals surface area contributed by atoms with Crippen LogP contribution in [0.5, 0.6) is 0 Å². The summed E-state index contributed by atoms with van der Waals surface area (Å²) in [5, 5.41) is 24.2. The summed E-state index contributed by atoms with van der Waals surface area (Å²) < 4.78 is 0.